The first-order valence-corrected chi connectivity index (χ1v) is 9.08. The molecule has 21 heavy (non-hydrogen) atoms. The van der Waals surface area contributed by atoms with Crippen molar-refractivity contribution in [1.82, 2.24) is 9.29 Å². The third kappa shape index (κ3) is 3.74. The lowest BCUT2D eigenvalue weighted by Crippen LogP contribution is -2.40. The third-order valence-electron chi connectivity index (χ3n) is 4.06. The number of anilines is 1. The third-order valence-corrected chi connectivity index (χ3v) is 6.06. The van der Waals surface area contributed by atoms with E-state index in [9.17, 15) is 8.42 Å². The van der Waals surface area contributed by atoms with Crippen molar-refractivity contribution < 1.29 is 8.42 Å². The van der Waals surface area contributed by atoms with Crippen LogP contribution in [0.15, 0.2) is 23.4 Å². The zero-order chi connectivity index (χ0) is 15.5. The smallest absolute Gasteiger partial charge is 0.246 e. The molecule has 1 saturated carbocycles. The summed E-state index contributed by atoms with van der Waals surface area (Å²) >= 11 is 0. The Morgan fingerprint density at radius 1 is 1.38 bits per heavy atom. The van der Waals surface area contributed by atoms with Gasteiger partial charge in [-0.3, -0.25) is 4.98 Å². The van der Waals surface area contributed by atoms with Crippen LogP contribution in [-0.4, -0.2) is 30.3 Å². The zero-order valence-corrected chi connectivity index (χ0v) is 13.6. The standard InChI is InChI=1S/C15H25N3O2S/c1-12(2)8-10-18(13-5-3-4-6-13)21(19,20)15-11-17-9-7-14(15)16/h7,9,11-13H,3-6,8,10H2,1-2H3,(H2,16,17). The molecule has 0 aliphatic heterocycles. The van der Waals surface area contributed by atoms with E-state index in [0.717, 1.165) is 32.1 Å². The largest absolute Gasteiger partial charge is 0.398 e. The van der Waals surface area contributed by atoms with Gasteiger partial charge in [0.1, 0.15) is 4.90 Å². The van der Waals surface area contributed by atoms with E-state index in [-0.39, 0.29) is 16.6 Å². The summed E-state index contributed by atoms with van der Waals surface area (Å²) in [7, 11) is -3.56. The average molecular weight is 311 g/mol. The Morgan fingerprint density at radius 2 is 2.05 bits per heavy atom. The fraction of sp³-hybridized carbons (Fsp3) is 0.667. The summed E-state index contributed by atoms with van der Waals surface area (Å²) in [6.07, 6.45) is 7.82. The van der Waals surface area contributed by atoms with E-state index in [1.807, 2.05) is 0 Å². The number of nitrogen functional groups attached to an aromatic ring is 1. The Labute approximate surface area is 127 Å². The van der Waals surface area contributed by atoms with Gasteiger partial charge < -0.3 is 5.73 Å². The van der Waals surface area contributed by atoms with Crippen molar-refractivity contribution in [2.45, 2.75) is 56.9 Å². The second-order valence-electron chi connectivity index (χ2n) is 6.15. The van der Waals surface area contributed by atoms with E-state index in [2.05, 4.69) is 18.8 Å². The van der Waals surface area contributed by atoms with Gasteiger partial charge in [-0.05, 0) is 31.2 Å². The molecular weight excluding hydrogens is 286 g/mol. The summed E-state index contributed by atoms with van der Waals surface area (Å²) in [5.41, 5.74) is 6.13. The van der Waals surface area contributed by atoms with Crippen LogP contribution in [0.5, 0.6) is 0 Å². The van der Waals surface area contributed by atoms with E-state index >= 15 is 0 Å². The topological polar surface area (TPSA) is 76.3 Å². The van der Waals surface area contributed by atoms with Crippen LogP contribution in [0.25, 0.3) is 0 Å². The average Bonchev–Trinajstić information content (AvgIpc) is 2.92. The van der Waals surface area contributed by atoms with E-state index in [4.69, 9.17) is 5.73 Å². The Kier molecular flexibility index (Phi) is 5.22. The minimum atomic E-state index is -3.56. The van der Waals surface area contributed by atoms with Gasteiger partial charge in [-0.1, -0.05) is 26.7 Å². The normalized spacial score (nSPS) is 17.0. The number of pyridine rings is 1. The molecule has 2 N–H and O–H groups in total. The fourth-order valence-electron chi connectivity index (χ4n) is 2.81. The Bertz CT molecular complexity index is 566. The molecule has 118 valence electrons. The first-order chi connectivity index (χ1) is 9.93. The molecule has 0 bridgehead atoms. The minimum Gasteiger partial charge on any atom is -0.398 e. The van der Waals surface area contributed by atoms with Gasteiger partial charge >= 0.3 is 0 Å². The zero-order valence-electron chi connectivity index (χ0n) is 12.8. The highest BCUT2D eigenvalue weighted by molar-refractivity contribution is 7.89. The molecule has 1 fully saturated rings. The van der Waals surface area contributed by atoms with Crippen LogP contribution in [-0.2, 0) is 10.0 Å². The molecule has 1 aromatic heterocycles. The molecule has 2 rings (SSSR count). The number of hydrogen-bond acceptors (Lipinski definition) is 4. The molecule has 0 saturated heterocycles. The highest BCUT2D eigenvalue weighted by atomic mass is 32.2. The maximum absolute atomic E-state index is 13.0. The highest BCUT2D eigenvalue weighted by Crippen LogP contribution is 2.30. The number of sulfonamides is 1. The minimum absolute atomic E-state index is 0.105. The van der Waals surface area contributed by atoms with Crippen LogP contribution in [0, 0.1) is 5.92 Å². The molecule has 0 atom stereocenters. The van der Waals surface area contributed by atoms with Crippen molar-refractivity contribution in [2.75, 3.05) is 12.3 Å². The number of aromatic nitrogens is 1. The summed E-state index contributed by atoms with van der Waals surface area (Å²) in [5.74, 6) is 0.468. The molecule has 0 amide bonds. The van der Waals surface area contributed by atoms with Gasteiger partial charge in [0.2, 0.25) is 10.0 Å². The van der Waals surface area contributed by atoms with Crippen molar-refractivity contribution in [3.63, 3.8) is 0 Å². The molecule has 0 unspecified atom stereocenters. The van der Waals surface area contributed by atoms with Crippen molar-refractivity contribution in [1.29, 1.82) is 0 Å². The van der Waals surface area contributed by atoms with Gasteiger partial charge in [0.05, 0.1) is 5.69 Å². The maximum atomic E-state index is 13.0. The summed E-state index contributed by atoms with van der Waals surface area (Å²) < 4.78 is 27.6. The number of rotatable bonds is 6. The van der Waals surface area contributed by atoms with Crippen LogP contribution in [0.1, 0.15) is 46.0 Å². The SMILES string of the molecule is CC(C)CCN(C1CCCC1)S(=O)(=O)c1cnccc1N. The van der Waals surface area contributed by atoms with Crippen LogP contribution < -0.4 is 5.73 Å². The van der Waals surface area contributed by atoms with E-state index in [0.29, 0.717) is 12.5 Å². The molecule has 0 aromatic carbocycles. The summed E-state index contributed by atoms with van der Waals surface area (Å²) in [6, 6.07) is 1.65. The van der Waals surface area contributed by atoms with Gasteiger partial charge in [-0.25, -0.2) is 8.42 Å². The lowest BCUT2D eigenvalue weighted by Gasteiger charge is -2.29. The monoisotopic (exact) mass is 311 g/mol. The summed E-state index contributed by atoms with van der Waals surface area (Å²) in [4.78, 5) is 4.07. The lowest BCUT2D eigenvalue weighted by atomic mass is 10.1. The van der Waals surface area contributed by atoms with Crippen LogP contribution in [0.4, 0.5) is 5.69 Å². The van der Waals surface area contributed by atoms with E-state index in [1.165, 1.54) is 12.4 Å². The van der Waals surface area contributed by atoms with E-state index in [1.54, 1.807) is 10.4 Å². The Morgan fingerprint density at radius 3 is 2.62 bits per heavy atom. The van der Waals surface area contributed by atoms with Crippen molar-refractivity contribution in [2.24, 2.45) is 5.92 Å². The number of nitrogens with two attached hydrogens (primary N) is 1. The molecule has 1 aliphatic carbocycles. The Hall–Kier alpha value is -1.14. The molecule has 0 spiro atoms. The van der Waals surface area contributed by atoms with Crippen molar-refractivity contribution in [3.8, 4) is 0 Å². The fourth-order valence-corrected chi connectivity index (χ4v) is 4.57. The van der Waals surface area contributed by atoms with Gasteiger partial charge in [-0.2, -0.15) is 4.31 Å². The van der Waals surface area contributed by atoms with Gasteiger partial charge in [0.25, 0.3) is 0 Å². The van der Waals surface area contributed by atoms with Crippen LogP contribution >= 0.6 is 0 Å². The molecule has 1 heterocycles. The van der Waals surface area contributed by atoms with Crippen LogP contribution in [0.3, 0.4) is 0 Å². The second-order valence-corrected chi connectivity index (χ2v) is 8.01. The highest BCUT2D eigenvalue weighted by Gasteiger charge is 2.34. The second kappa shape index (κ2) is 6.75. The predicted molar refractivity (Wildman–Crippen MR) is 84.3 cm³/mol. The molecule has 6 heteroatoms. The molecular formula is C15H25N3O2S. The van der Waals surface area contributed by atoms with Crippen molar-refractivity contribution >= 4 is 15.7 Å². The van der Waals surface area contributed by atoms with Crippen LogP contribution in [0.2, 0.25) is 0 Å². The first-order valence-electron chi connectivity index (χ1n) is 7.64. The number of nitrogens with zero attached hydrogens (tertiary/aromatic N) is 2. The lowest BCUT2D eigenvalue weighted by molar-refractivity contribution is 0.304. The molecule has 5 nitrogen and oxygen atoms in total. The quantitative estimate of drug-likeness (QED) is 0.876. The van der Waals surface area contributed by atoms with Crippen molar-refractivity contribution in [3.05, 3.63) is 18.5 Å². The molecule has 1 aliphatic rings. The first kappa shape index (κ1) is 16.2. The van der Waals surface area contributed by atoms with Gasteiger partial charge in [0.15, 0.2) is 0 Å². The predicted octanol–water partition coefficient (Wildman–Crippen LogP) is 2.64. The maximum Gasteiger partial charge on any atom is 0.246 e. The van der Waals surface area contributed by atoms with Gasteiger partial charge in [0, 0.05) is 25.0 Å². The summed E-state index contributed by atoms with van der Waals surface area (Å²) in [6.45, 7) is 4.77. The van der Waals surface area contributed by atoms with E-state index < -0.39 is 10.0 Å². The molecule has 1 aromatic rings. The number of hydrogen-bond donors (Lipinski definition) is 1. The summed E-state index contributed by atoms with van der Waals surface area (Å²) in [5, 5.41) is 0. The molecule has 0 radical (unpaired) electrons. The Balaban J connectivity index is 2.32. The van der Waals surface area contributed by atoms with Gasteiger partial charge in [-0.15, -0.1) is 0 Å².